The molecule has 2 aliphatic rings. The predicted octanol–water partition coefficient (Wildman–Crippen LogP) is 3.58. The number of carbonyl (C=O) groups excluding carboxylic acids is 1. The van der Waals surface area contributed by atoms with Gasteiger partial charge in [0.05, 0.1) is 24.0 Å². The maximum Gasteiger partial charge on any atom is 0.244 e. The van der Waals surface area contributed by atoms with E-state index in [9.17, 15) is 4.79 Å². The topological polar surface area (TPSA) is 59.9 Å². The Kier molecular flexibility index (Phi) is 5.03. The van der Waals surface area contributed by atoms with Crippen LogP contribution in [-0.4, -0.2) is 26.3 Å². The summed E-state index contributed by atoms with van der Waals surface area (Å²) in [5.41, 5.74) is 3.78. The van der Waals surface area contributed by atoms with Gasteiger partial charge in [-0.05, 0) is 64.5 Å². The molecule has 1 aromatic rings. The van der Waals surface area contributed by atoms with Gasteiger partial charge in [0, 0.05) is 5.92 Å². The van der Waals surface area contributed by atoms with E-state index in [1.165, 1.54) is 19.3 Å². The molecule has 1 aromatic carbocycles. The van der Waals surface area contributed by atoms with E-state index < -0.39 is 0 Å². The van der Waals surface area contributed by atoms with E-state index in [-0.39, 0.29) is 17.2 Å². The van der Waals surface area contributed by atoms with Gasteiger partial charge in [-0.3, -0.25) is 4.79 Å². The summed E-state index contributed by atoms with van der Waals surface area (Å²) >= 11 is 2.19. The number of methoxy groups -OCH3 is 2. The summed E-state index contributed by atoms with van der Waals surface area (Å²) in [4.78, 5) is 12.4. The van der Waals surface area contributed by atoms with Gasteiger partial charge < -0.3 is 9.47 Å². The van der Waals surface area contributed by atoms with Crippen LogP contribution in [0, 0.1) is 20.8 Å². The number of nitrogens with zero attached hydrogens (tertiary/aromatic N) is 1. The van der Waals surface area contributed by atoms with Gasteiger partial charge in [0.25, 0.3) is 0 Å². The summed E-state index contributed by atoms with van der Waals surface area (Å²) in [6.07, 6.45) is 6.47. The minimum atomic E-state index is 0.0517. The van der Waals surface area contributed by atoms with Gasteiger partial charge in [-0.25, -0.2) is 5.43 Å². The first-order chi connectivity index (χ1) is 11.5. The number of carbonyl (C=O) groups is 1. The predicted molar refractivity (Wildman–Crippen MR) is 102 cm³/mol. The molecular formula is C18H23IN2O3. The SMILES string of the molecule is COc1cc(/C=N\NC(=O)[C@@H]2[C@@H]3CCCC[C@@]23C)cc(I)c1OC. The number of benzene rings is 1. The molecule has 0 aromatic heterocycles. The van der Waals surface area contributed by atoms with Gasteiger partial charge in [-0.2, -0.15) is 5.10 Å². The average Bonchev–Trinajstić information content (AvgIpc) is 3.19. The lowest BCUT2D eigenvalue weighted by atomic mass is 9.90. The number of halogens is 1. The van der Waals surface area contributed by atoms with Crippen molar-refractivity contribution in [3.8, 4) is 11.5 Å². The summed E-state index contributed by atoms with van der Waals surface area (Å²) < 4.78 is 11.6. The van der Waals surface area contributed by atoms with Gasteiger partial charge in [-0.15, -0.1) is 0 Å². The third kappa shape index (κ3) is 3.12. The van der Waals surface area contributed by atoms with E-state index in [0.29, 0.717) is 17.4 Å². The van der Waals surface area contributed by atoms with Crippen molar-refractivity contribution in [3.63, 3.8) is 0 Å². The highest BCUT2D eigenvalue weighted by molar-refractivity contribution is 14.1. The monoisotopic (exact) mass is 442 g/mol. The second-order valence-electron chi connectivity index (χ2n) is 6.81. The molecule has 0 aliphatic heterocycles. The van der Waals surface area contributed by atoms with Gasteiger partial charge in [-0.1, -0.05) is 19.8 Å². The molecule has 2 saturated carbocycles. The smallest absolute Gasteiger partial charge is 0.244 e. The van der Waals surface area contributed by atoms with E-state index in [4.69, 9.17) is 9.47 Å². The third-order valence-electron chi connectivity index (χ3n) is 5.46. The molecule has 6 heteroatoms. The van der Waals surface area contributed by atoms with Gasteiger partial charge >= 0.3 is 0 Å². The number of amides is 1. The molecule has 24 heavy (non-hydrogen) atoms. The van der Waals surface area contributed by atoms with Crippen LogP contribution in [0.1, 0.15) is 38.2 Å². The molecule has 0 radical (unpaired) electrons. The number of hydrogen-bond donors (Lipinski definition) is 1. The molecule has 130 valence electrons. The van der Waals surface area contributed by atoms with Crippen molar-refractivity contribution >= 4 is 34.7 Å². The van der Waals surface area contributed by atoms with Crippen LogP contribution in [0.5, 0.6) is 11.5 Å². The highest BCUT2D eigenvalue weighted by atomic mass is 127. The zero-order valence-corrected chi connectivity index (χ0v) is 16.4. The minimum absolute atomic E-state index is 0.0517. The Balaban J connectivity index is 1.65. The lowest BCUT2D eigenvalue weighted by Gasteiger charge is -2.15. The Labute approximate surface area is 156 Å². The molecule has 0 bridgehead atoms. The van der Waals surface area contributed by atoms with Crippen LogP contribution < -0.4 is 14.9 Å². The number of ether oxygens (including phenoxy) is 2. The van der Waals surface area contributed by atoms with E-state index in [1.54, 1.807) is 20.4 Å². The highest BCUT2D eigenvalue weighted by Crippen LogP contribution is 2.66. The molecular weight excluding hydrogens is 419 g/mol. The fourth-order valence-corrected chi connectivity index (χ4v) is 4.95. The molecule has 3 atom stereocenters. The quantitative estimate of drug-likeness (QED) is 0.431. The second kappa shape index (κ2) is 6.90. The van der Waals surface area contributed by atoms with E-state index in [1.807, 2.05) is 12.1 Å². The lowest BCUT2D eigenvalue weighted by Crippen LogP contribution is -2.22. The van der Waals surface area contributed by atoms with Crippen LogP contribution in [0.4, 0.5) is 0 Å². The molecule has 2 aliphatic carbocycles. The summed E-state index contributed by atoms with van der Waals surface area (Å²) in [6.45, 7) is 2.24. The number of fused-ring (bicyclic) bond motifs is 1. The molecule has 0 heterocycles. The summed E-state index contributed by atoms with van der Waals surface area (Å²) in [5, 5.41) is 4.14. The van der Waals surface area contributed by atoms with E-state index in [2.05, 4.69) is 40.0 Å². The number of hydrogen-bond acceptors (Lipinski definition) is 4. The van der Waals surface area contributed by atoms with Gasteiger partial charge in [0.15, 0.2) is 11.5 Å². The second-order valence-corrected chi connectivity index (χ2v) is 7.97. The Hall–Kier alpha value is -1.31. The zero-order chi connectivity index (χ0) is 17.3. The van der Waals surface area contributed by atoms with Gasteiger partial charge in [0.2, 0.25) is 5.91 Å². The van der Waals surface area contributed by atoms with Crippen molar-refractivity contribution in [1.29, 1.82) is 0 Å². The Morgan fingerprint density at radius 1 is 1.38 bits per heavy atom. The van der Waals surface area contributed by atoms with Crippen molar-refractivity contribution in [2.45, 2.75) is 32.6 Å². The van der Waals surface area contributed by atoms with Crippen LogP contribution in [0.15, 0.2) is 17.2 Å². The van der Waals surface area contributed by atoms with Crippen molar-refractivity contribution in [3.05, 3.63) is 21.3 Å². The molecule has 0 saturated heterocycles. The number of hydrazone groups is 1. The Bertz CT molecular complexity index is 676. The van der Waals surface area contributed by atoms with Crippen LogP contribution >= 0.6 is 22.6 Å². The highest BCUT2D eigenvalue weighted by Gasteiger charge is 2.64. The maximum absolute atomic E-state index is 12.4. The lowest BCUT2D eigenvalue weighted by molar-refractivity contribution is -0.123. The molecule has 0 spiro atoms. The van der Waals surface area contributed by atoms with E-state index in [0.717, 1.165) is 15.6 Å². The molecule has 0 unspecified atom stereocenters. The van der Waals surface area contributed by atoms with Crippen molar-refractivity contribution in [2.24, 2.45) is 22.4 Å². The third-order valence-corrected chi connectivity index (χ3v) is 6.26. The number of rotatable bonds is 5. The largest absolute Gasteiger partial charge is 0.493 e. The van der Waals surface area contributed by atoms with Crippen LogP contribution in [0.3, 0.4) is 0 Å². The van der Waals surface area contributed by atoms with Gasteiger partial charge in [0.1, 0.15) is 0 Å². The first-order valence-electron chi connectivity index (χ1n) is 8.25. The molecule has 5 nitrogen and oxygen atoms in total. The molecule has 2 fully saturated rings. The fourth-order valence-electron chi connectivity index (χ4n) is 4.10. The average molecular weight is 442 g/mol. The molecule has 1 N–H and O–H groups in total. The first kappa shape index (κ1) is 17.5. The standard InChI is InChI=1S/C18H23IN2O3/c1-18-7-5-4-6-12(18)15(18)17(22)21-20-10-11-8-13(19)16(24-3)14(9-11)23-2/h8-10,12,15H,4-7H2,1-3H3,(H,21,22)/b20-10-/t12-,15-,18+/m0/s1. The normalized spacial score (nSPS) is 28.3. The summed E-state index contributed by atoms with van der Waals surface area (Å²) in [7, 11) is 3.22. The van der Waals surface area contributed by atoms with Crippen molar-refractivity contribution < 1.29 is 14.3 Å². The van der Waals surface area contributed by atoms with E-state index >= 15 is 0 Å². The Morgan fingerprint density at radius 3 is 2.79 bits per heavy atom. The van der Waals surface area contributed by atoms with Crippen molar-refractivity contribution in [1.82, 2.24) is 5.43 Å². The zero-order valence-electron chi connectivity index (χ0n) is 14.3. The fraction of sp³-hybridized carbons (Fsp3) is 0.556. The summed E-state index contributed by atoms with van der Waals surface area (Å²) in [5.74, 6) is 2.08. The summed E-state index contributed by atoms with van der Waals surface area (Å²) in [6, 6.07) is 3.78. The number of nitrogens with one attached hydrogen (secondary N) is 1. The van der Waals surface area contributed by atoms with Crippen LogP contribution in [0.2, 0.25) is 0 Å². The minimum Gasteiger partial charge on any atom is -0.493 e. The van der Waals surface area contributed by atoms with Crippen LogP contribution in [-0.2, 0) is 4.79 Å². The first-order valence-corrected chi connectivity index (χ1v) is 9.33. The maximum atomic E-state index is 12.4. The van der Waals surface area contributed by atoms with Crippen LogP contribution in [0.25, 0.3) is 0 Å². The Morgan fingerprint density at radius 2 is 2.17 bits per heavy atom. The molecule has 3 rings (SSSR count). The van der Waals surface area contributed by atoms with Crippen molar-refractivity contribution in [2.75, 3.05) is 14.2 Å². The molecule has 1 amide bonds.